The van der Waals surface area contributed by atoms with Crippen LogP contribution in [-0.4, -0.2) is 5.54 Å². The van der Waals surface area contributed by atoms with Crippen LogP contribution in [0.5, 0.6) is 0 Å². The zero-order chi connectivity index (χ0) is 10.1. The standard InChI is InChI=1S/C10H15ClN2/c1-10(2,13)6-7-5-8(12)3-4-9(7)11/h3-5H,6,12-13H2,1-2H3. The first kappa shape index (κ1) is 10.4. The molecular formula is C10H15ClN2. The van der Waals surface area contributed by atoms with Crippen molar-refractivity contribution in [2.24, 2.45) is 5.73 Å². The minimum Gasteiger partial charge on any atom is -0.399 e. The summed E-state index contributed by atoms with van der Waals surface area (Å²) in [5.74, 6) is 0. The molecule has 13 heavy (non-hydrogen) atoms. The van der Waals surface area contributed by atoms with E-state index in [4.69, 9.17) is 23.1 Å². The van der Waals surface area contributed by atoms with Gasteiger partial charge >= 0.3 is 0 Å². The highest BCUT2D eigenvalue weighted by Crippen LogP contribution is 2.22. The number of hydrogen-bond acceptors (Lipinski definition) is 2. The molecule has 0 saturated heterocycles. The summed E-state index contributed by atoms with van der Waals surface area (Å²) in [6.45, 7) is 3.93. The van der Waals surface area contributed by atoms with Crippen LogP contribution in [-0.2, 0) is 6.42 Å². The second-order valence-corrected chi connectivity index (χ2v) is 4.42. The van der Waals surface area contributed by atoms with Gasteiger partial charge in [0.25, 0.3) is 0 Å². The van der Waals surface area contributed by atoms with Gasteiger partial charge in [-0.25, -0.2) is 0 Å². The van der Waals surface area contributed by atoms with Crippen molar-refractivity contribution in [2.75, 3.05) is 5.73 Å². The first-order valence-corrected chi connectivity index (χ1v) is 4.59. The van der Waals surface area contributed by atoms with E-state index in [-0.39, 0.29) is 5.54 Å². The summed E-state index contributed by atoms with van der Waals surface area (Å²) in [5.41, 5.74) is 13.0. The molecule has 0 atom stereocenters. The summed E-state index contributed by atoms with van der Waals surface area (Å²) in [4.78, 5) is 0. The van der Waals surface area contributed by atoms with Gasteiger partial charge in [-0.05, 0) is 44.0 Å². The molecule has 72 valence electrons. The van der Waals surface area contributed by atoms with Gasteiger partial charge in [-0.15, -0.1) is 0 Å². The lowest BCUT2D eigenvalue weighted by Gasteiger charge is -2.19. The average Bonchev–Trinajstić information content (AvgIpc) is 1.94. The van der Waals surface area contributed by atoms with E-state index in [0.29, 0.717) is 0 Å². The summed E-state index contributed by atoms with van der Waals surface area (Å²) < 4.78 is 0. The number of hydrogen-bond donors (Lipinski definition) is 2. The Morgan fingerprint density at radius 3 is 2.54 bits per heavy atom. The van der Waals surface area contributed by atoms with Crippen molar-refractivity contribution in [3.63, 3.8) is 0 Å². The minimum absolute atomic E-state index is 0.253. The Morgan fingerprint density at radius 1 is 1.38 bits per heavy atom. The van der Waals surface area contributed by atoms with Gasteiger partial charge in [0.1, 0.15) is 0 Å². The second kappa shape index (κ2) is 3.56. The van der Waals surface area contributed by atoms with E-state index in [1.165, 1.54) is 0 Å². The van der Waals surface area contributed by atoms with Crippen LogP contribution in [0.4, 0.5) is 5.69 Å². The third kappa shape index (κ3) is 3.25. The molecule has 4 N–H and O–H groups in total. The van der Waals surface area contributed by atoms with E-state index in [2.05, 4.69) is 0 Å². The second-order valence-electron chi connectivity index (χ2n) is 4.02. The maximum absolute atomic E-state index is 5.99. The Hall–Kier alpha value is -0.730. The number of rotatable bonds is 2. The maximum atomic E-state index is 5.99. The first-order chi connectivity index (χ1) is 5.88. The zero-order valence-electron chi connectivity index (χ0n) is 7.97. The van der Waals surface area contributed by atoms with Gasteiger partial charge in [0.05, 0.1) is 0 Å². The van der Waals surface area contributed by atoms with E-state index in [9.17, 15) is 0 Å². The molecule has 0 heterocycles. The highest BCUT2D eigenvalue weighted by Gasteiger charge is 2.13. The number of anilines is 1. The average molecular weight is 199 g/mol. The van der Waals surface area contributed by atoms with Gasteiger partial charge in [-0.3, -0.25) is 0 Å². The van der Waals surface area contributed by atoms with Gasteiger partial charge in [-0.2, -0.15) is 0 Å². The van der Waals surface area contributed by atoms with Crippen LogP contribution >= 0.6 is 11.6 Å². The summed E-state index contributed by atoms with van der Waals surface area (Å²) in [6, 6.07) is 5.46. The maximum Gasteiger partial charge on any atom is 0.0440 e. The fourth-order valence-corrected chi connectivity index (χ4v) is 1.41. The SMILES string of the molecule is CC(C)(N)Cc1cc(N)ccc1Cl. The Labute approximate surface area is 83.9 Å². The van der Waals surface area contributed by atoms with E-state index in [1.54, 1.807) is 12.1 Å². The molecule has 0 amide bonds. The van der Waals surface area contributed by atoms with Crippen LogP contribution in [0.1, 0.15) is 19.4 Å². The normalized spacial score (nSPS) is 11.7. The lowest BCUT2D eigenvalue weighted by molar-refractivity contribution is 0.517. The van der Waals surface area contributed by atoms with Crippen molar-refractivity contribution in [1.82, 2.24) is 0 Å². The molecule has 1 rings (SSSR count). The van der Waals surface area contributed by atoms with Crippen molar-refractivity contribution >= 4 is 17.3 Å². The lowest BCUT2D eigenvalue weighted by atomic mass is 9.96. The van der Waals surface area contributed by atoms with Crippen LogP contribution in [0.25, 0.3) is 0 Å². The van der Waals surface area contributed by atoms with Crippen LogP contribution in [0.15, 0.2) is 18.2 Å². The zero-order valence-corrected chi connectivity index (χ0v) is 8.73. The van der Waals surface area contributed by atoms with Crippen LogP contribution in [0, 0.1) is 0 Å². The van der Waals surface area contributed by atoms with E-state index >= 15 is 0 Å². The third-order valence-electron chi connectivity index (χ3n) is 1.72. The smallest absolute Gasteiger partial charge is 0.0440 e. The Kier molecular flexibility index (Phi) is 2.84. The molecule has 0 saturated carbocycles. The summed E-state index contributed by atoms with van der Waals surface area (Å²) in [7, 11) is 0. The van der Waals surface area contributed by atoms with Gasteiger partial charge in [0.15, 0.2) is 0 Å². The molecular weight excluding hydrogens is 184 g/mol. The van der Waals surface area contributed by atoms with Crippen molar-refractivity contribution in [3.05, 3.63) is 28.8 Å². The molecule has 1 aromatic rings. The number of nitrogens with two attached hydrogens (primary N) is 2. The predicted octanol–water partition coefficient (Wildman–Crippen LogP) is 2.20. The van der Waals surface area contributed by atoms with Crippen molar-refractivity contribution < 1.29 is 0 Å². The fraction of sp³-hybridized carbons (Fsp3) is 0.400. The monoisotopic (exact) mass is 198 g/mol. The van der Waals surface area contributed by atoms with E-state index in [1.807, 2.05) is 19.9 Å². The van der Waals surface area contributed by atoms with Crippen molar-refractivity contribution in [3.8, 4) is 0 Å². The van der Waals surface area contributed by atoms with Crippen LogP contribution < -0.4 is 11.5 Å². The quantitative estimate of drug-likeness (QED) is 0.716. The van der Waals surface area contributed by atoms with Gasteiger partial charge in [0.2, 0.25) is 0 Å². The Balaban J connectivity index is 2.94. The molecule has 1 aromatic carbocycles. The van der Waals surface area contributed by atoms with Crippen molar-refractivity contribution in [1.29, 1.82) is 0 Å². The number of halogens is 1. The molecule has 0 aliphatic heterocycles. The molecule has 0 radical (unpaired) electrons. The molecule has 0 aromatic heterocycles. The molecule has 3 heteroatoms. The van der Waals surface area contributed by atoms with Crippen molar-refractivity contribution in [2.45, 2.75) is 25.8 Å². The fourth-order valence-electron chi connectivity index (χ4n) is 1.22. The molecule has 2 nitrogen and oxygen atoms in total. The Morgan fingerprint density at radius 2 is 2.00 bits per heavy atom. The summed E-state index contributed by atoms with van der Waals surface area (Å²) >= 11 is 5.99. The molecule has 0 spiro atoms. The molecule has 0 aliphatic carbocycles. The highest BCUT2D eigenvalue weighted by molar-refractivity contribution is 6.31. The number of nitrogen functional groups attached to an aromatic ring is 1. The summed E-state index contributed by atoms with van der Waals surface area (Å²) in [5, 5.41) is 0.729. The van der Waals surface area contributed by atoms with Gasteiger partial charge < -0.3 is 11.5 Å². The van der Waals surface area contributed by atoms with E-state index < -0.39 is 0 Å². The lowest BCUT2D eigenvalue weighted by Crippen LogP contribution is -2.34. The number of benzene rings is 1. The molecule has 0 aliphatic rings. The minimum atomic E-state index is -0.253. The molecule has 0 bridgehead atoms. The van der Waals surface area contributed by atoms with Gasteiger partial charge in [-0.1, -0.05) is 11.6 Å². The van der Waals surface area contributed by atoms with Gasteiger partial charge in [0, 0.05) is 16.2 Å². The van der Waals surface area contributed by atoms with E-state index in [0.717, 1.165) is 22.7 Å². The highest BCUT2D eigenvalue weighted by atomic mass is 35.5. The Bertz CT molecular complexity index is 302. The topological polar surface area (TPSA) is 52.0 Å². The molecule has 0 unspecified atom stereocenters. The largest absolute Gasteiger partial charge is 0.399 e. The third-order valence-corrected chi connectivity index (χ3v) is 2.08. The van der Waals surface area contributed by atoms with Crippen LogP contribution in [0.3, 0.4) is 0 Å². The predicted molar refractivity (Wildman–Crippen MR) is 57.8 cm³/mol. The van der Waals surface area contributed by atoms with Crippen LogP contribution in [0.2, 0.25) is 5.02 Å². The first-order valence-electron chi connectivity index (χ1n) is 4.21. The summed E-state index contributed by atoms with van der Waals surface area (Å²) in [6.07, 6.45) is 0.733. The molecule has 0 fully saturated rings.